The summed E-state index contributed by atoms with van der Waals surface area (Å²) >= 11 is 0. The number of hydrogen-bond donors (Lipinski definition) is 2. The van der Waals surface area contributed by atoms with Crippen LogP contribution < -0.4 is 0 Å². The van der Waals surface area contributed by atoms with Crippen LogP contribution in [0.3, 0.4) is 0 Å². The quantitative estimate of drug-likeness (QED) is 0.0197. The zero-order valence-electron chi connectivity index (χ0n) is 43.7. The van der Waals surface area contributed by atoms with Gasteiger partial charge in [0.25, 0.3) is 0 Å². The van der Waals surface area contributed by atoms with E-state index in [1.54, 1.807) is 6.08 Å². The summed E-state index contributed by atoms with van der Waals surface area (Å²) in [5, 5.41) is 9.79. The first-order valence-corrected chi connectivity index (χ1v) is 28.3. The molecule has 0 amide bonds. The fourth-order valence-corrected chi connectivity index (χ4v) is 7.40. The van der Waals surface area contributed by atoms with Gasteiger partial charge >= 0.3 is 25.7 Å². The van der Waals surface area contributed by atoms with Crippen LogP contribution in [0.4, 0.5) is 0 Å². The number of esters is 3. The van der Waals surface area contributed by atoms with E-state index < -0.39 is 57.8 Å². The van der Waals surface area contributed by atoms with Crippen LogP contribution >= 0.6 is 7.82 Å². The molecular formula is C58H95O11P. The molecule has 0 saturated carbocycles. The zero-order chi connectivity index (χ0) is 51.3. The highest BCUT2D eigenvalue weighted by molar-refractivity contribution is 7.47. The third-order valence-electron chi connectivity index (χ3n) is 10.7. The Balaban J connectivity index is 4.88. The van der Waals surface area contributed by atoms with Gasteiger partial charge in [-0.3, -0.25) is 23.4 Å². The molecule has 0 bridgehead atoms. The minimum Gasteiger partial charge on any atom is -0.462 e. The van der Waals surface area contributed by atoms with E-state index in [0.717, 1.165) is 122 Å². The lowest BCUT2D eigenvalue weighted by Crippen LogP contribution is -2.30. The molecule has 0 saturated heterocycles. The van der Waals surface area contributed by atoms with Crippen LogP contribution in [-0.2, 0) is 42.2 Å². The van der Waals surface area contributed by atoms with Gasteiger partial charge in [0.15, 0.2) is 6.10 Å². The van der Waals surface area contributed by atoms with Gasteiger partial charge in [0.2, 0.25) is 0 Å². The Morgan fingerprint density at radius 3 is 1.31 bits per heavy atom. The molecule has 0 aromatic heterocycles. The Morgan fingerprint density at radius 2 is 0.829 bits per heavy atom. The van der Waals surface area contributed by atoms with Crippen molar-refractivity contribution in [1.29, 1.82) is 0 Å². The number of rotatable bonds is 48. The lowest BCUT2D eigenvalue weighted by molar-refractivity contribution is -0.160. The monoisotopic (exact) mass is 999 g/mol. The van der Waals surface area contributed by atoms with E-state index in [2.05, 4.69) is 106 Å². The molecule has 0 aromatic carbocycles. The van der Waals surface area contributed by atoms with Gasteiger partial charge in [0.05, 0.1) is 26.2 Å². The number of phosphoric acid groups is 1. The lowest BCUT2D eigenvalue weighted by Gasteiger charge is -2.21. The van der Waals surface area contributed by atoms with Crippen molar-refractivity contribution in [3.63, 3.8) is 0 Å². The molecule has 0 spiro atoms. The van der Waals surface area contributed by atoms with Gasteiger partial charge in [-0.1, -0.05) is 188 Å². The van der Waals surface area contributed by atoms with E-state index in [0.29, 0.717) is 19.3 Å². The fraction of sp³-hybridized carbons (Fsp3) is 0.638. The molecule has 0 heterocycles. The average Bonchev–Trinajstić information content (AvgIpc) is 3.35. The Kier molecular flexibility index (Phi) is 48.7. The fourth-order valence-electron chi connectivity index (χ4n) is 6.62. The molecule has 2 N–H and O–H groups in total. The van der Waals surface area contributed by atoms with Gasteiger partial charge in [-0.2, -0.15) is 0 Å². The number of hydrogen-bond acceptors (Lipinski definition) is 10. The van der Waals surface area contributed by atoms with E-state index in [-0.39, 0.29) is 25.9 Å². The largest absolute Gasteiger partial charge is 0.472 e. The molecule has 0 rings (SSSR count). The number of phosphoric ester groups is 1. The van der Waals surface area contributed by atoms with Crippen LogP contribution in [0.2, 0.25) is 0 Å². The molecule has 12 heteroatoms. The van der Waals surface area contributed by atoms with Gasteiger partial charge in [0.1, 0.15) is 12.7 Å². The highest BCUT2D eigenvalue weighted by Crippen LogP contribution is 2.43. The summed E-state index contributed by atoms with van der Waals surface area (Å²) in [5.41, 5.74) is 0. The summed E-state index contributed by atoms with van der Waals surface area (Å²) in [6.45, 7) is 4.27. The molecule has 3 atom stereocenters. The summed E-state index contributed by atoms with van der Waals surface area (Å²) in [5.74, 6) is -1.66. The first-order valence-electron chi connectivity index (χ1n) is 26.8. The van der Waals surface area contributed by atoms with Crippen molar-refractivity contribution in [2.75, 3.05) is 26.4 Å². The van der Waals surface area contributed by atoms with Crippen molar-refractivity contribution in [2.24, 2.45) is 0 Å². The van der Waals surface area contributed by atoms with Crippen molar-refractivity contribution in [1.82, 2.24) is 0 Å². The predicted octanol–water partition coefficient (Wildman–Crippen LogP) is 15.5. The van der Waals surface area contributed by atoms with Gasteiger partial charge in [-0.25, -0.2) is 4.57 Å². The van der Waals surface area contributed by atoms with Gasteiger partial charge in [0, 0.05) is 12.8 Å². The minimum atomic E-state index is -4.78. The van der Waals surface area contributed by atoms with Crippen LogP contribution in [0.1, 0.15) is 201 Å². The third-order valence-corrected chi connectivity index (χ3v) is 11.6. The number of allylic oxidation sites excluding steroid dienone is 17. The second-order valence-electron chi connectivity index (χ2n) is 17.3. The summed E-state index contributed by atoms with van der Waals surface area (Å²) in [6.07, 6.45) is 60.8. The Hall–Kier alpha value is -3.86. The first-order chi connectivity index (χ1) is 34.2. The third kappa shape index (κ3) is 49.1. The second kappa shape index (κ2) is 51.5. The molecule has 11 nitrogen and oxygen atoms in total. The van der Waals surface area contributed by atoms with Gasteiger partial charge in [-0.15, -0.1) is 0 Å². The zero-order valence-corrected chi connectivity index (χ0v) is 44.6. The highest BCUT2D eigenvalue weighted by atomic mass is 31.2. The number of aliphatic hydroxyl groups is 1. The first kappa shape index (κ1) is 66.1. The van der Waals surface area contributed by atoms with Crippen LogP contribution in [0.25, 0.3) is 0 Å². The molecule has 398 valence electrons. The number of aliphatic hydroxyl groups excluding tert-OH is 1. The summed E-state index contributed by atoms with van der Waals surface area (Å²) in [7, 11) is -4.78. The molecule has 0 aliphatic carbocycles. The maximum absolute atomic E-state index is 12.9. The van der Waals surface area contributed by atoms with Crippen molar-refractivity contribution in [3.8, 4) is 0 Å². The van der Waals surface area contributed by atoms with Gasteiger partial charge in [-0.05, 0) is 103 Å². The molecule has 0 radical (unpaired) electrons. The number of ether oxygens (including phenoxy) is 3. The predicted molar refractivity (Wildman–Crippen MR) is 288 cm³/mol. The Morgan fingerprint density at radius 1 is 0.429 bits per heavy atom. The molecule has 70 heavy (non-hydrogen) atoms. The van der Waals surface area contributed by atoms with Crippen molar-refractivity contribution in [2.45, 2.75) is 213 Å². The SMILES string of the molecule is CC/C=C\C/C=C\C/C=C\C/C=C\C/C=C\CC(=O)OC(COC(=O)CCCCCCC/C=C\C/C=C\CCC)COP(=O)(O)OCC(CO)OC(=O)CCCCCCC/C=C\C/C=C\CCCCC. The standard InChI is InChI=1S/C58H95O11P/c1-4-7-10-13-16-19-22-25-27-30-33-36-39-42-45-48-57(61)68-54(50-59)52-66-70(63,64)67-53-55(51-65-56(60)47-44-41-38-35-32-29-24-21-18-15-12-9-6-3)69-58(62)49-46-43-40-37-34-31-28-26-23-20-17-14-11-8-5-2/h8,11-12,15-17,19-21,24-28,34,37,43,46,54-55,59H,4-7,9-10,13-14,18,22-23,29-33,35-36,38-42,44-45,47-53H2,1-3H3,(H,63,64)/b11-8-,15-12-,19-16-,20-17-,24-21-,27-25-,28-26-,37-34-,46-43-. The highest BCUT2D eigenvalue weighted by Gasteiger charge is 2.28. The van der Waals surface area contributed by atoms with E-state index in [1.807, 2.05) is 18.2 Å². The molecule has 0 fully saturated rings. The number of carbonyl (C=O) groups is 3. The minimum absolute atomic E-state index is 0.0736. The van der Waals surface area contributed by atoms with E-state index in [4.69, 9.17) is 23.3 Å². The van der Waals surface area contributed by atoms with Crippen molar-refractivity contribution < 1.29 is 52.2 Å². The van der Waals surface area contributed by atoms with Gasteiger partial charge < -0.3 is 24.2 Å². The smallest absolute Gasteiger partial charge is 0.462 e. The number of unbranched alkanes of at least 4 members (excludes halogenated alkanes) is 14. The van der Waals surface area contributed by atoms with Crippen LogP contribution in [0.15, 0.2) is 109 Å². The van der Waals surface area contributed by atoms with Crippen LogP contribution in [0, 0.1) is 0 Å². The lowest BCUT2D eigenvalue weighted by atomic mass is 10.1. The normalized spacial score (nSPS) is 14.3. The topological polar surface area (TPSA) is 155 Å². The summed E-state index contributed by atoms with van der Waals surface area (Å²) in [4.78, 5) is 48.3. The van der Waals surface area contributed by atoms with E-state index >= 15 is 0 Å². The Bertz CT molecular complexity index is 1590. The average molecular weight is 999 g/mol. The molecule has 0 aliphatic rings. The molecular weight excluding hydrogens is 904 g/mol. The summed E-state index contributed by atoms with van der Waals surface area (Å²) in [6, 6.07) is 0. The summed E-state index contributed by atoms with van der Waals surface area (Å²) < 4.78 is 39.2. The maximum atomic E-state index is 12.9. The van der Waals surface area contributed by atoms with Crippen molar-refractivity contribution >= 4 is 25.7 Å². The van der Waals surface area contributed by atoms with E-state index in [9.17, 15) is 28.9 Å². The number of carbonyl (C=O) groups excluding carboxylic acids is 3. The maximum Gasteiger partial charge on any atom is 0.472 e. The van der Waals surface area contributed by atoms with E-state index in [1.165, 1.54) is 19.3 Å². The molecule has 3 unspecified atom stereocenters. The molecule has 0 aliphatic heterocycles. The second-order valence-corrected chi connectivity index (χ2v) is 18.8. The molecule has 0 aromatic rings. The Labute approximate surface area is 425 Å². The van der Waals surface area contributed by atoms with Crippen molar-refractivity contribution in [3.05, 3.63) is 109 Å². The van der Waals surface area contributed by atoms with Crippen LogP contribution in [-0.4, -0.2) is 66.5 Å². The van der Waals surface area contributed by atoms with Crippen LogP contribution in [0.5, 0.6) is 0 Å².